The van der Waals surface area contributed by atoms with Crippen LogP contribution in [-0.4, -0.2) is 35.9 Å². The minimum Gasteiger partial charge on any atom is -0.346 e. The molecule has 1 aliphatic rings. The first kappa shape index (κ1) is 12.0. The Morgan fingerprint density at radius 1 is 1.59 bits per heavy atom. The average molecular weight is 233 g/mol. The van der Waals surface area contributed by atoms with Crippen LogP contribution in [0.25, 0.3) is 0 Å². The smallest absolute Gasteiger partial charge is 0.223 e. The molecule has 0 aliphatic carbocycles. The lowest BCUT2D eigenvalue weighted by Crippen LogP contribution is -2.38. The maximum atomic E-state index is 12.0. The van der Waals surface area contributed by atoms with Crippen molar-refractivity contribution in [2.24, 2.45) is 5.73 Å². The van der Waals surface area contributed by atoms with Crippen molar-refractivity contribution in [3.05, 3.63) is 30.1 Å². The van der Waals surface area contributed by atoms with Gasteiger partial charge in [-0.15, -0.1) is 0 Å². The predicted octanol–water partition coefficient (Wildman–Crippen LogP) is 0.920. The third-order valence-corrected chi connectivity index (χ3v) is 3.73. The summed E-state index contributed by atoms with van der Waals surface area (Å²) in [6.45, 7) is 1.32. The Labute approximate surface area is 102 Å². The summed E-state index contributed by atoms with van der Waals surface area (Å²) >= 11 is 0. The summed E-state index contributed by atoms with van der Waals surface area (Å²) in [6.07, 6.45) is 6.02. The molecule has 2 N–H and O–H groups in total. The van der Waals surface area contributed by atoms with Gasteiger partial charge in [-0.3, -0.25) is 9.78 Å². The maximum absolute atomic E-state index is 12.0. The van der Waals surface area contributed by atoms with Crippen molar-refractivity contribution >= 4 is 5.91 Å². The van der Waals surface area contributed by atoms with Gasteiger partial charge in [-0.05, 0) is 24.5 Å². The topological polar surface area (TPSA) is 59.2 Å². The minimum atomic E-state index is -0.226. The Bertz CT molecular complexity index is 393. The van der Waals surface area contributed by atoms with Crippen LogP contribution in [0.5, 0.6) is 0 Å². The largest absolute Gasteiger partial charge is 0.346 e. The average Bonchev–Trinajstić information content (AvgIpc) is 2.51. The second-order valence-electron chi connectivity index (χ2n) is 4.82. The van der Waals surface area contributed by atoms with Crippen LogP contribution in [0, 0.1) is 0 Å². The molecule has 1 amide bonds. The molecule has 1 unspecified atom stereocenters. The molecule has 1 fully saturated rings. The highest BCUT2D eigenvalue weighted by molar-refractivity contribution is 5.78. The SMILES string of the molecule is CN1CCCC(CN)(c2cccnc2)CC1=O. The molecular weight excluding hydrogens is 214 g/mol. The van der Waals surface area contributed by atoms with Crippen LogP contribution < -0.4 is 5.73 Å². The normalized spacial score (nSPS) is 25.8. The zero-order valence-electron chi connectivity index (χ0n) is 10.2. The first-order valence-corrected chi connectivity index (χ1v) is 6.02. The van der Waals surface area contributed by atoms with Crippen LogP contribution in [0.2, 0.25) is 0 Å². The van der Waals surface area contributed by atoms with Crippen molar-refractivity contribution < 1.29 is 4.79 Å². The third kappa shape index (κ3) is 2.31. The predicted molar refractivity (Wildman–Crippen MR) is 66.5 cm³/mol. The molecule has 1 aliphatic heterocycles. The Morgan fingerprint density at radius 3 is 3.06 bits per heavy atom. The zero-order chi connectivity index (χ0) is 12.3. The standard InChI is InChI=1S/C13H19N3O/c1-16-7-3-5-13(10-14,8-12(16)17)11-4-2-6-15-9-11/h2,4,6,9H,3,5,7-8,10,14H2,1H3. The lowest BCUT2D eigenvalue weighted by atomic mass is 9.75. The second-order valence-corrected chi connectivity index (χ2v) is 4.82. The van der Waals surface area contributed by atoms with Crippen LogP contribution in [-0.2, 0) is 10.2 Å². The van der Waals surface area contributed by atoms with Crippen molar-refractivity contribution in [1.29, 1.82) is 0 Å². The fourth-order valence-electron chi connectivity index (χ4n) is 2.51. The summed E-state index contributed by atoms with van der Waals surface area (Å²) in [5.41, 5.74) is 6.81. The summed E-state index contributed by atoms with van der Waals surface area (Å²) < 4.78 is 0. The number of carbonyl (C=O) groups is 1. The zero-order valence-corrected chi connectivity index (χ0v) is 10.2. The molecule has 2 heterocycles. The van der Waals surface area contributed by atoms with Gasteiger partial charge in [0.1, 0.15) is 0 Å². The highest BCUT2D eigenvalue weighted by Crippen LogP contribution is 2.34. The van der Waals surface area contributed by atoms with Gasteiger partial charge in [0.25, 0.3) is 0 Å². The maximum Gasteiger partial charge on any atom is 0.223 e. The van der Waals surface area contributed by atoms with Gasteiger partial charge in [-0.25, -0.2) is 0 Å². The van der Waals surface area contributed by atoms with Crippen LogP contribution in [0.3, 0.4) is 0 Å². The van der Waals surface area contributed by atoms with Crippen molar-refractivity contribution in [2.75, 3.05) is 20.1 Å². The van der Waals surface area contributed by atoms with Gasteiger partial charge in [-0.1, -0.05) is 6.07 Å². The lowest BCUT2D eigenvalue weighted by Gasteiger charge is -2.30. The van der Waals surface area contributed by atoms with E-state index >= 15 is 0 Å². The highest BCUT2D eigenvalue weighted by Gasteiger charge is 2.36. The summed E-state index contributed by atoms with van der Waals surface area (Å²) in [4.78, 5) is 18.0. The van der Waals surface area contributed by atoms with E-state index in [0.717, 1.165) is 24.9 Å². The van der Waals surface area contributed by atoms with Gasteiger partial charge in [0.05, 0.1) is 0 Å². The number of likely N-dealkylation sites (tertiary alicyclic amines) is 1. The van der Waals surface area contributed by atoms with E-state index in [1.54, 1.807) is 11.1 Å². The molecule has 1 aromatic heterocycles. The number of hydrogen-bond acceptors (Lipinski definition) is 3. The Morgan fingerprint density at radius 2 is 2.41 bits per heavy atom. The number of hydrogen-bond donors (Lipinski definition) is 1. The summed E-state index contributed by atoms with van der Waals surface area (Å²) in [5.74, 6) is 0.178. The van der Waals surface area contributed by atoms with Crippen LogP contribution in [0.15, 0.2) is 24.5 Å². The van der Waals surface area contributed by atoms with Gasteiger partial charge in [0, 0.05) is 44.4 Å². The number of amides is 1. The molecule has 4 heteroatoms. The van der Waals surface area contributed by atoms with Gasteiger partial charge in [0.2, 0.25) is 5.91 Å². The van der Waals surface area contributed by atoms with E-state index in [1.807, 2.05) is 25.4 Å². The van der Waals surface area contributed by atoms with E-state index < -0.39 is 0 Å². The first-order chi connectivity index (χ1) is 8.18. The van der Waals surface area contributed by atoms with E-state index in [4.69, 9.17) is 5.73 Å². The molecule has 4 nitrogen and oxygen atoms in total. The van der Waals surface area contributed by atoms with Crippen molar-refractivity contribution in [1.82, 2.24) is 9.88 Å². The van der Waals surface area contributed by atoms with Gasteiger partial charge >= 0.3 is 0 Å². The summed E-state index contributed by atoms with van der Waals surface area (Å²) in [5, 5.41) is 0. The van der Waals surface area contributed by atoms with Gasteiger partial charge in [-0.2, -0.15) is 0 Å². The number of carbonyl (C=O) groups excluding carboxylic acids is 1. The molecule has 92 valence electrons. The Balaban J connectivity index is 2.34. The number of nitrogens with zero attached hydrogens (tertiary/aromatic N) is 2. The van der Waals surface area contributed by atoms with Crippen LogP contribution in [0.4, 0.5) is 0 Å². The molecule has 2 rings (SSSR count). The monoisotopic (exact) mass is 233 g/mol. The van der Waals surface area contributed by atoms with Crippen molar-refractivity contribution in [2.45, 2.75) is 24.7 Å². The fourth-order valence-corrected chi connectivity index (χ4v) is 2.51. The molecule has 0 aromatic carbocycles. The number of nitrogens with two attached hydrogens (primary N) is 1. The molecule has 17 heavy (non-hydrogen) atoms. The van der Waals surface area contributed by atoms with E-state index in [0.29, 0.717) is 13.0 Å². The van der Waals surface area contributed by atoms with Crippen molar-refractivity contribution in [3.8, 4) is 0 Å². The number of pyridine rings is 1. The van der Waals surface area contributed by atoms with E-state index in [2.05, 4.69) is 4.98 Å². The molecule has 1 saturated heterocycles. The van der Waals surface area contributed by atoms with Gasteiger partial charge < -0.3 is 10.6 Å². The van der Waals surface area contributed by atoms with E-state index in [-0.39, 0.29) is 11.3 Å². The Kier molecular flexibility index (Phi) is 3.43. The Hall–Kier alpha value is -1.42. The molecule has 0 spiro atoms. The highest BCUT2D eigenvalue weighted by atomic mass is 16.2. The van der Waals surface area contributed by atoms with Crippen LogP contribution in [0.1, 0.15) is 24.8 Å². The summed E-state index contributed by atoms with van der Waals surface area (Å²) in [7, 11) is 1.86. The lowest BCUT2D eigenvalue weighted by molar-refractivity contribution is -0.130. The fraction of sp³-hybridized carbons (Fsp3) is 0.538. The number of aromatic nitrogens is 1. The molecule has 0 radical (unpaired) electrons. The molecule has 0 saturated carbocycles. The van der Waals surface area contributed by atoms with E-state index in [9.17, 15) is 4.79 Å². The molecular formula is C13H19N3O. The second kappa shape index (κ2) is 4.84. The quantitative estimate of drug-likeness (QED) is 0.826. The number of rotatable bonds is 2. The molecule has 0 bridgehead atoms. The van der Waals surface area contributed by atoms with Crippen molar-refractivity contribution in [3.63, 3.8) is 0 Å². The summed E-state index contributed by atoms with van der Waals surface area (Å²) in [6, 6.07) is 3.93. The minimum absolute atomic E-state index is 0.178. The van der Waals surface area contributed by atoms with Crippen LogP contribution >= 0.6 is 0 Å². The molecule has 1 atom stereocenters. The third-order valence-electron chi connectivity index (χ3n) is 3.73. The first-order valence-electron chi connectivity index (χ1n) is 6.02. The van der Waals surface area contributed by atoms with E-state index in [1.165, 1.54) is 0 Å². The molecule has 1 aromatic rings. The van der Waals surface area contributed by atoms with Gasteiger partial charge in [0.15, 0.2) is 0 Å².